The number of fused-ring (bicyclic) bond motifs is 1. The molecule has 1 aromatic heterocycles. The Hall–Kier alpha value is -1.57. The van der Waals surface area contributed by atoms with E-state index >= 15 is 0 Å². The molecule has 4 nitrogen and oxygen atoms in total. The first-order chi connectivity index (χ1) is 9.39. The predicted molar refractivity (Wildman–Crippen MR) is 67.9 cm³/mol. The molecule has 7 heteroatoms. The Balaban J connectivity index is 2.09. The van der Waals surface area contributed by atoms with E-state index in [0.29, 0.717) is 11.3 Å². The number of alkyl halides is 3. The molecule has 2 rings (SSSR count). The first-order valence-electron chi connectivity index (χ1n) is 6.00. The van der Waals surface area contributed by atoms with Crippen LogP contribution in [0.4, 0.5) is 13.2 Å². The molecular weight excluding hydrogens is 273 g/mol. The lowest BCUT2D eigenvalue weighted by molar-refractivity contribution is -0.175. The van der Waals surface area contributed by atoms with Crippen LogP contribution >= 0.6 is 0 Å². The number of furan rings is 1. The molecule has 0 bridgehead atoms. The average Bonchev–Trinajstić information content (AvgIpc) is 2.75. The monoisotopic (exact) mass is 288 g/mol. The zero-order chi connectivity index (χ0) is 14.8. The van der Waals surface area contributed by atoms with Gasteiger partial charge in [-0.15, -0.1) is 0 Å². The summed E-state index contributed by atoms with van der Waals surface area (Å²) in [6.07, 6.45) is -4.36. The van der Waals surface area contributed by atoms with E-state index in [-0.39, 0.29) is 6.61 Å². The zero-order valence-corrected chi connectivity index (χ0v) is 10.8. The van der Waals surface area contributed by atoms with Crippen molar-refractivity contribution in [3.63, 3.8) is 0 Å². The number of hydrogen-bond donors (Lipinski definition) is 2. The van der Waals surface area contributed by atoms with E-state index < -0.39 is 18.8 Å². The molecular formula is C13H15F3N2O2. The predicted octanol–water partition coefficient (Wildman–Crippen LogP) is 2.82. The van der Waals surface area contributed by atoms with E-state index in [1.807, 2.05) is 19.1 Å². The molecule has 1 heterocycles. The largest absolute Gasteiger partial charge is 0.459 e. The van der Waals surface area contributed by atoms with Crippen LogP contribution in [-0.2, 0) is 4.74 Å². The number of ether oxygens (including phenoxy) is 1. The number of hydrazine groups is 1. The van der Waals surface area contributed by atoms with Crippen LogP contribution in [0.1, 0.15) is 17.4 Å². The summed E-state index contributed by atoms with van der Waals surface area (Å²) >= 11 is 0. The fourth-order valence-electron chi connectivity index (χ4n) is 1.86. The molecule has 0 fully saturated rings. The van der Waals surface area contributed by atoms with Crippen molar-refractivity contribution in [3.05, 3.63) is 35.6 Å². The van der Waals surface area contributed by atoms with Gasteiger partial charge < -0.3 is 9.15 Å². The third-order valence-electron chi connectivity index (χ3n) is 2.79. The van der Waals surface area contributed by atoms with Crippen LogP contribution in [0.25, 0.3) is 11.0 Å². The summed E-state index contributed by atoms with van der Waals surface area (Å²) in [5.74, 6) is 5.78. The number of halogens is 3. The van der Waals surface area contributed by atoms with Gasteiger partial charge in [0.15, 0.2) is 0 Å². The fourth-order valence-corrected chi connectivity index (χ4v) is 1.86. The highest BCUT2D eigenvalue weighted by Gasteiger charge is 2.28. The minimum absolute atomic E-state index is 0.227. The van der Waals surface area contributed by atoms with Crippen molar-refractivity contribution in [2.45, 2.75) is 19.1 Å². The van der Waals surface area contributed by atoms with Crippen LogP contribution in [0.5, 0.6) is 0 Å². The van der Waals surface area contributed by atoms with Crippen LogP contribution in [0.15, 0.2) is 28.7 Å². The van der Waals surface area contributed by atoms with Crippen molar-refractivity contribution in [2.75, 3.05) is 13.2 Å². The minimum Gasteiger partial charge on any atom is -0.459 e. The molecule has 1 atom stereocenters. The number of benzene rings is 1. The van der Waals surface area contributed by atoms with Crippen LogP contribution in [-0.4, -0.2) is 19.4 Å². The number of hydrogen-bond acceptors (Lipinski definition) is 4. The van der Waals surface area contributed by atoms with Gasteiger partial charge >= 0.3 is 6.18 Å². The second-order valence-corrected chi connectivity index (χ2v) is 4.54. The standard InChI is InChI=1S/C13H15F3N2O2/c1-8-2-3-11-9(4-8)5-12(20-11)10(18-17)6-19-7-13(14,15)16/h2-5,10,18H,6-7,17H2,1H3. The third-order valence-corrected chi connectivity index (χ3v) is 2.79. The molecule has 0 radical (unpaired) electrons. The second kappa shape index (κ2) is 5.82. The van der Waals surface area contributed by atoms with E-state index in [0.717, 1.165) is 10.9 Å². The molecule has 0 amide bonds. The van der Waals surface area contributed by atoms with Crippen molar-refractivity contribution in [1.29, 1.82) is 0 Å². The molecule has 3 N–H and O–H groups in total. The highest BCUT2D eigenvalue weighted by Crippen LogP contribution is 2.25. The highest BCUT2D eigenvalue weighted by molar-refractivity contribution is 5.78. The summed E-state index contributed by atoms with van der Waals surface area (Å²) in [5, 5.41) is 0.871. The van der Waals surface area contributed by atoms with Gasteiger partial charge in [-0.25, -0.2) is 5.43 Å². The molecule has 0 aliphatic rings. The summed E-state index contributed by atoms with van der Waals surface area (Å²) in [6, 6.07) is 6.72. The quantitative estimate of drug-likeness (QED) is 0.656. The molecule has 110 valence electrons. The van der Waals surface area contributed by atoms with Gasteiger partial charge in [0.1, 0.15) is 24.0 Å². The minimum atomic E-state index is -4.36. The van der Waals surface area contributed by atoms with Crippen molar-refractivity contribution >= 4 is 11.0 Å². The second-order valence-electron chi connectivity index (χ2n) is 4.54. The van der Waals surface area contributed by atoms with Crippen molar-refractivity contribution < 1.29 is 22.3 Å². The van der Waals surface area contributed by atoms with Gasteiger partial charge in [-0.3, -0.25) is 5.84 Å². The lowest BCUT2D eigenvalue weighted by atomic mass is 10.1. The Kier molecular flexibility index (Phi) is 4.32. The zero-order valence-electron chi connectivity index (χ0n) is 10.8. The van der Waals surface area contributed by atoms with Crippen molar-refractivity contribution in [2.24, 2.45) is 5.84 Å². The van der Waals surface area contributed by atoms with Crippen molar-refractivity contribution in [1.82, 2.24) is 5.43 Å². The molecule has 0 saturated carbocycles. The first kappa shape index (κ1) is 14.8. The summed E-state index contributed by atoms with van der Waals surface area (Å²) in [6.45, 7) is 0.399. The maximum Gasteiger partial charge on any atom is 0.411 e. The van der Waals surface area contributed by atoms with E-state index in [2.05, 4.69) is 10.2 Å². The number of aryl methyl sites for hydroxylation is 1. The van der Waals surface area contributed by atoms with Gasteiger partial charge in [0, 0.05) is 5.39 Å². The maximum atomic E-state index is 12.0. The molecule has 0 aliphatic heterocycles. The first-order valence-corrected chi connectivity index (χ1v) is 6.00. The Morgan fingerprint density at radius 3 is 2.75 bits per heavy atom. The molecule has 0 saturated heterocycles. The highest BCUT2D eigenvalue weighted by atomic mass is 19.4. The molecule has 1 aromatic carbocycles. The van der Waals surface area contributed by atoms with Crippen LogP contribution < -0.4 is 11.3 Å². The van der Waals surface area contributed by atoms with Crippen LogP contribution in [0, 0.1) is 6.92 Å². The van der Waals surface area contributed by atoms with Gasteiger partial charge in [0.2, 0.25) is 0 Å². The summed E-state index contributed by atoms with van der Waals surface area (Å²) in [7, 11) is 0. The lowest BCUT2D eigenvalue weighted by Crippen LogP contribution is -2.32. The Morgan fingerprint density at radius 1 is 1.35 bits per heavy atom. The van der Waals surface area contributed by atoms with E-state index in [1.165, 1.54) is 0 Å². The SMILES string of the molecule is Cc1ccc2oc(C(COCC(F)(F)F)NN)cc2c1. The van der Waals surface area contributed by atoms with Gasteiger partial charge in [-0.05, 0) is 25.1 Å². The maximum absolute atomic E-state index is 12.0. The Morgan fingerprint density at radius 2 is 2.10 bits per heavy atom. The summed E-state index contributed by atoms with van der Waals surface area (Å²) in [4.78, 5) is 0. The molecule has 0 spiro atoms. The van der Waals surface area contributed by atoms with E-state index in [4.69, 9.17) is 10.3 Å². The van der Waals surface area contributed by atoms with Gasteiger partial charge in [0.25, 0.3) is 0 Å². The molecule has 0 aliphatic carbocycles. The normalized spacial score (nSPS) is 13.8. The summed E-state index contributed by atoms with van der Waals surface area (Å²) < 4.78 is 46.2. The van der Waals surface area contributed by atoms with Crippen LogP contribution in [0.2, 0.25) is 0 Å². The topological polar surface area (TPSA) is 60.4 Å². The number of nitrogens with two attached hydrogens (primary N) is 1. The Labute approximate surface area is 113 Å². The van der Waals surface area contributed by atoms with Gasteiger partial charge in [-0.1, -0.05) is 11.6 Å². The Bertz CT molecular complexity index is 580. The fraction of sp³-hybridized carbons (Fsp3) is 0.385. The van der Waals surface area contributed by atoms with Crippen LogP contribution in [0.3, 0.4) is 0 Å². The lowest BCUT2D eigenvalue weighted by Gasteiger charge is -2.14. The average molecular weight is 288 g/mol. The molecule has 1 unspecified atom stereocenters. The number of nitrogens with one attached hydrogen (secondary N) is 1. The van der Waals surface area contributed by atoms with E-state index in [1.54, 1.807) is 12.1 Å². The smallest absolute Gasteiger partial charge is 0.411 e. The van der Waals surface area contributed by atoms with Gasteiger partial charge in [0.05, 0.1) is 6.61 Å². The summed E-state index contributed by atoms with van der Waals surface area (Å²) in [5.41, 5.74) is 4.11. The number of rotatable bonds is 5. The van der Waals surface area contributed by atoms with Gasteiger partial charge in [-0.2, -0.15) is 13.2 Å². The van der Waals surface area contributed by atoms with Crippen molar-refractivity contribution in [3.8, 4) is 0 Å². The van der Waals surface area contributed by atoms with E-state index in [9.17, 15) is 13.2 Å². The molecule has 2 aromatic rings. The third kappa shape index (κ3) is 3.72. The molecule has 20 heavy (non-hydrogen) atoms.